The highest BCUT2D eigenvalue weighted by molar-refractivity contribution is 7.71. The molecular formula is C24H22FN3O3S. The number of pyridine rings is 2. The number of aromatic nitrogens is 2. The molecule has 0 fully saturated rings. The molecule has 3 N–H and O–H groups in total. The van der Waals surface area contributed by atoms with Crippen molar-refractivity contribution in [3.05, 3.63) is 56.0 Å². The first kappa shape index (κ1) is 20.0. The zero-order valence-corrected chi connectivity index (χ0v) is 18.6. The third-order valence-electron chi connectivity index (χ3n) is 7.42. The van der Waals surface area contributed by atoms with E-state index < -0.39 is 11.6 Å². The van der Waals surface area contributed by atoms with Crippen LogP contribution in [0.3, 0.4) is 0 Å². The Bertz CT molecular complexity index is 1450. The van der Waals surface area contributed by atoms with E-state index in [1.54, 1.807) is 19.9 Å². The number of fused-ring (bicyclic) bond motifs is 5. The van der Waals surface area contributed by atoms with Crippen LogP contribution in [0.15, 0.2) is 12.1 Å². The summed E-state index contributed by atoms with van der Waals surface area (Å²) >= 11 is 5.78. The molecule has 3 aliphatic rings. The molecule has 0 saturated heterocycles. The maximum absolute atomic E-state index is 14.7. The number of hydrogen-bond acceptors (Lipinski definition) is 6. The summed E-state index contributed by atoms with van der Waals surface area (Å²) in [5, 5.41) is 12.1. The molecule has 2 aromatic heterocycles. The second kappa shape index (κ2) is 6.43. The van der Waals surface area contributed by atoms with E-state index in [4.69, 9.17) is 27.7 Å². The molecule has 0 amide bonds. The van der Waals surface area contributed by atoms with Crippen LogP contribution >= 0.6 is 12.2 Å². The van der Waals surface area contributed by atoms with Gasteiger partial charge in [0.2, 0.25) is 0 Å². The Hall–Kier alpha value is -2.68. The van der Waals surface area contributed by atoms with Gasteiger partial charge >= 0.3 is 5.97 Å². The molecule has 0 saturated carbocycles. The predicted octanol–water partition coefficient (Wildman–Crippen LogP) is 3.84. The zero-order chi connectivity index (χ0) is 22.5. The minimum Gasteiger partial charge on any atom is -0.458 e. The van der Waals surface area contributed by atoms with Gasteiger partial charge in [-0.25, -0.2) is 14.2 Å². The number of aliphatic hydroxyl groups is 1. The summed E-state index contributed by atoms with van der Waals surface area (Å²) in [6.07, 6.45) is 1.62. The number of nitrogens with two attached hydrogens (primary N) is 1. The summed E-state index contributed by atoms with van der Waals surface area (Å²) in [5.41, 5.74) is 11.5. The first-order valence-corrected chi connectivity index (χ1v) is 11.2. The lowest BCUT2D eigenvalue weighted by atomic mass is 9.82. The highest BCUT2D eigenvalue weighted by Gasteiger charge is 2.45. The molecule has 0 bridgehead atoms. The van der Waals surface area contributed by atoms with Crippen LogP contribution in [0.5, 0.6) is 0 Å². The monoisotopic (exact) mass is 451 g/mol. The minimum absolute atomic E-state index is 0.0300. The van der Waals surface area contributed by atoms with Gasteiger partial charge in [-0.2, -0.15) is 0 Å². The Morgan fingerprint density at radius 2 is 2.16 bits per heavy atom. The number of benzene rings is 1. The van der Waals surface area contributed by atoms with Crippen molar-refractivity contribution in [2.45, 2.75) is 57.9 Å². The lowest BCUT2D eigenvalue weighted by Gasteiger charge is -2.32. The highest BCUT2D eigenvalue weighted by atomic mass is 32.1. The van der Waals surface area contributed by atoms with Crippen molar-refractivity contribution in [1.29, 1.82) is 0 Å². The van der Waals surface area contributed by atoms with Crippen molar-refractivity contribution in [1.82, 2.24) is 9.55 Å². The number of hydrogen-bond donors (Lipinski definition) is 2. The number of cyclic esters (lactones) is 1. The summed E-state index contributed by atoms with van der Waals surface area (Å²) in [7, 11) is 0. The molecule has 1 aromatic carbocycles. The molecule has 1 aliphatic carbocycles. The fourth-order valence-electron chi connectivity index (χ4n) is 5.59. The predicted molar refractivity (Wildman–Crippen MR) is 119 cm³/mol. The summed E-state index contributed by atoms with van der Waals surface area (Å²) in [6, 6.07) is 3.10. The third kappa shape index (κ3) is 2.32. The van der Waals surface area contributed by atoms with Crippen molar-refractivity contribution < 1.29 is 19.0 Å². The van der Waals surface area contributed by atoms with Gasteiger partial charge in [-0.15, -0.1) is 0 Å². The first-order valence-electron chi connectivity index (χ1n) is 10.8. The Kier molecular flexibility index (Phi) is 4.01. The molecular weight excluding hydrogens is 429 g/mol. The van der Waals surface area contributed by atoms with E-state index in [9.17, 15) is 14.3 Å². The molecule has 32 heavy (non-hydrogen) atoms. The van der Waals surface area contributed by atoms with Crippen LogP contribution in [-0.2, 0) is 34.7 Å². The Balaban J connectivity index is 1.70. The molecule has 2 aliphatic heterocycles. The van der Waals surface area contributed by atoms with Crippen LogP contribution in [0.25, 0.3) is 22.3 Å². The number of ether oxygens (including phenoxy) is 1. The largest absolute Gasteiger partial charge is 0.458 e. The summed E-state index contributed by atoms with van der Waals surface area (Å²) in [6.45, 7) is 4.06. The maximum Gasteiger partial charge on any atom is 0.343 e. The van der Waals surface area contributed by atoms with E-state index in [2.05, 4.69) is 0 Å². The number of aryl methyl sites for hydroxylation is 1. The van der Waals surface area contributed by atoms with Crippen LogP contribution in [0.2, 0.25) is 0 Å². The van der Waals surface area contributed by atoms with Gasteiger partial charge in [-0.1, -0.05) is 19.1 Å². The van der Waals surface area contributed by atoms with E-state index in [0.717, 1.165) is 34.9 Å². The van der Waals surface area contributed by atoms with Gasteiger partial charge in [0.05, 0.1) is 23.4 Å². The Labute approximate surface area is 188 Å². The van der Waals surface area contributed by atoms with Crippen molar-refractivity contribution in [2.24, 2.45) is 5.73 Å². The topological polar surface area (TPSA) is 90.4 Å². The normalized spacial score (nSPS) is 23.0. The average Bonchev–Trinajstić information content (AvgIpc) is 3.14. The molecule has 6 rings (SSSR count). The molecule has 0 radical (unpaired) electrons. The molecule has 8 heteroatoms. The fraction of sp³-hybridized carbons (Fsp3) is 0.375. The molecule has 2 atom stereocenters. The number of carbonyl (C=O) groups is 1. The van der Waals surface area contributed by atoms with Gasteiger partial charge < -0.3 is 20.1 Å². The van der Waals surface area contributed by atoms with Crippen molar-refractivity contribution in [3.63, 3.8) is 0 Å². The van der Waals surface area contributed by atoms with E-state index in [1.807, 2.05) is 4.57 Å². The van der Waals surface area contributed by atoms with Crippen molar-refractivity contribution in [2.75, 3.05) is 0 Å². The lowest BCUT2D eigenvalue weighted by molar-refractivity contribution is -0.172. The molecule has 164 valence electrons. The fourth-order valence-corrected chi connectivity index (χ4v) is 5.92. The number of carbonyl (C=O) groups excluding carboxylic acids is 1. The third-order valence-corrected chi connectivity index (χ3v) is 7.89. The van der Waals surface area contributed by atoms with Gasteiger partial charge in [0, 0.05) is 34.2 Å². The second-order valence-corrected chi connectivity index (χ2v) is 9.34. The maximum atomic E-state index is 14.7. The highest BCUT2D eigenvalue weighted by Crippen LogP contribution is 2.46. The first-order chi connectivity index (χ1) is 15.3. The smallest absolute Gasteiger partial charge is 0.343 e. The number of rotatable bonds is 1. The standard InChI is InChI=1S/C24H22FN3O3S/c1-3-24(30)14-6-18-21-12(8-28(18)22(32)13(14)9-31-23(24)29)19-16(26)5-4-11-10(2)15(25)7-17(27-21)20(11)19/h6-7,16,30H,3-5,8-9,26H2,1-2H3/t16-,24-/m0/s1. The average molecular weight is 452 g/mol. The number of halogens is 1. The molecule has 6 nitrogen and oxygen atoms in total. The van der Waals surface area contributed by atoms with Crippen LogP contribution in [0.1, 0.15) is 59.2 Å². The number of esters is 1. The molecule has 4 heterocycles. The van der Waals surface area contributed by atoms with Gasteiger partial charge in [0.25, 0.3) is 0 Å². The van der Waals surface area contributed by atoms with Crippen molar-refractivity contribution >= 4 is 29.1 Å². The van der Waals surface area contributed by atoms with Crippen LogP contribution in [-0.4, -0.2) is 20.6 Å². The summed E-state index contributed by atoms with van der Waals surface area (Å²) < 4.78 is 22.4. The van der Waals surface area contributed by atoms with Crippen LogP contribution < -0.4 is 5.73 Å². The van der Waals surface area contributed by atoms with Gasteiger partial charge in [0.1, 0.15) is 17.1 Å². The Morgan fingerprint density at radius 3 is 2.91 bits per heavy atom. The zero-order valence-electron chi connectivity index (χ0n) is 17.8. The van der Waals surface area contributed by atoms with E-state index in [1.165, 1.54) is 6.07 Å². The van der Waals surface area contributed by atoms with Crippen LogP contribution in [0.4, 0.5) is 4.39 Å². The summed E-state index contributed by atoms with van der Waals surface area (Å²) in [4.78, 5) is 17.3. The number of nitrogens with zero attached hydrogens (tertiary/aromatic N) is 2. The van der Waals surface area contributed by atoms with Crippen molar-refractivity contribution in [3.8, 4) is 11.4 Å². The van der Waals surface area contributed by atoms with Crippen LogP contribution in [0, 0.1) is 17.4 Å². The SMILES string of the molecule is CC[C@@]1(O)C(=O)OCc2c1cc1n(c2=S)Cc2c-1nc1cc(F)c(C)c3c1c2[C@@H](N)CC3. The molecule has 0 spiro atoms. The van der Waals surface area contributed by atoms with Gasteiger partial charge in [-0.05, 0) is 48.9 Å². The van der Waals surface area contributed by atoms with E-state index in [-0.39, 0.29) is 24.9 Å². The van der Waals surface area contributed by atoms with Gasteiger partial charge in [-0.3, -0.25) is 0 Å². The molecule has 3 aromatic rings. The Morgan fingerprint density at radius 1 is 1.38 bits per heavy atom. The summed E-state index contributed by atoms with van der Waals surface area (Å²) in [5.74, 6) is -0.944. The lowest BCUT2D eigenvalue weighted by Crippen LogP contribution is -2.41. The second-order valence-electron chi connectivity index (χ2n) is 8.96. The van der Waals surface area contributed by atoms with Gasteiger partial charge in [0.15, 0.2) is 5.60 Å². The van der Waals surface area contributed by atoms with E-state index in [0.29, 0.717) is 44.8 Å². The van der Waals surface area contributed by atoms with E-state index >= 15 is 0 Å². The minimum atomic E-state index is -1.75. The molecule has 0 unspecified atom stereocenters. The quantitative estimate of drug-likeness (QED) is 0.338.